The second-order valence-electron chi connectivity index (χ2n) is 5.06. The number of rotatable bonds is 1. The maximum atomic E-state index is 13.0. The zero-order chi connectivity index (χ0) is 13.5. The molecule has 7 heteroatoms. The molecule has 0 bridgehead atoms. The van der Waals surface area contributed by atoms with Crippen LogP contribution in [0.25, 0.3) is 0 Å². The van der Waals surface area contributed by atoms with Crippen molar-refractivity contribution in [3.8, 4) is 0 Å². The third-order valence-electron chi connectivity index (χ3n) is 3.79. The molecule has 1 aromatic rings. The maximum Gasteiger partial charge on any atom is 0.410 e. The van der Waals surface area contributed by atoms with Crippen molar-refractivity contribution in [1.29, 1.82) is 0 Å². The van der Waals surface area contributed by atoms with Crippen LogP contribution in [0.5, 0.6) is 0 Å². The molecule has 0 radical (unpaired) electrons. The molecule has 3 heterocycles. The first-order valence-corrected chi connectivity index (χ1v) is 6.53. The van der Waals surface area contributed by atoms with Crippen LogP contribution in [0.15, 0.2) is 6.07 Å². The topological polar surface area (TPSA) is 39.1 Å². The van der Waals surface area contributed by atoms with Crippen molar-refractivity contribution < 1.29 is 17.9 Å². The molecular weight excluding hydrogens is 259 g/mol. The highest BCUT2D eigenvalue weighted by atomic mass is 19.4. The van der Waals surface area contributed by atoms with Gasteiger partial charge in [0.05, 0.1) is 5.69 Å². The Bertz CT molecular complexity index is 452. The van der Waals surface area contributed by atoms with Crippen LogP contribution in [0.3, 0.4) is 0 Å². The molecule has 1 fully saturated rings. The first-order chi connectivity index (χ1) is 9.05. The van der Waals surface area contributed by atoms with Crippen LogP contribution in [0, 0.1) is 0 Å². The summed E-state index contributed by atoms with van der Waals surface area (Å²) in [5.74, 6) is 0.692. The van der Waals surface area contributed by atoms with Crippen LogP contribution in [-0.4, -0.2) is 35.7 Å². The Kier molecular flexibility index (Phi) is 3.16. The molecule has 2 aliphatic rings. The maximum absolute atomic E-state index is 13.0. The average Bonchev–Trinajstić information content (AvgIpc) is 2.82. The Morgan fingerprint density at radius 3 is 2.68 bits per heavy atom. The van der Waals surface area contributed by atoms with E-state index in [0.29, 0.717) is 25.6 Å². The third-order valence-corrected chi connectivity index (χ3v) is 3.79. The van der Waals surface area contributed by atoms with Crippen molar-refractivity contribution in [3.05, 3.63) is 11.8 Å². The highest BCUT2D eigenvalue weighted by molar-refractivity contribution is 5.40. The molecule has 3 rings (SSSR count). The molecule has 4 nitrogen and oxygen atoms in total. The van der Waals surface area contributed by atoms with Gasteiger partial charge in [-0.05, 0) is 19.3 Å². The molecule has 1 atom stereocenters. The Hall–Kier alpha value is -1.24. The number of hydrogen-bond donors (Lipinski definition) is 1. The molecule has 0 aliphatic carbocycles. The molecule has 0 spiro atoms. The highest BCUT2D eigenvalue weighted by Gasteiger charge is 2.44. The van der Waals surface area contributed by atoms with Gasteiger partial charge in [0.1, 0.15) is 5.82 Å². The van der Waals surface area contributed by atoms with Gasteiger partial charge in [-0.2, -0.15) is 18.3 Å². The summed E-state index contributed by atoms with van der Waals surface area (Å²) in [7, 11) is 0. The van der Waals surface area contributed by atoms with E-state index < -0.39 is 12.2 Å². The van der Waals surface area contributed by atoms with Gasteiger partial charge in [0.15, 0.2) is 6.04 Å². The number of nitrogens with zero attached hydrogens (tertiary/aromatic N) is 2. The first-order valence-electron chi connectivity index (χ1n) is 6.53. The van der Waals surface area contributed by atoms with Gasteiger partial charge in [-0.1, -0.05) is 0 Å². The number of aromatic nitrogens is 2. The number of alkyl halides is 3. The van der Waals surface area contributed by atoms with Crippen molar-refractivity contribution in [2.75, 3.05) is 25.1 Å². The minimum absolute atomic E-state index is 0.0331. The van der Waals surface area contributed by atoms with Crippen molar-refractivity contribution in [3.63, 3.8) is 0 Å². The van der Waals surface area contributed by atoms with E-state index in [1.165, 1.54) is 0 Å². The molecule has 0 aromatic carbocycles. The summed E-state index contributed by atoms with van der Waals surface area (Å²) in [6.45, 7) is 1.65. The normalized spacial score (nSPS) is 24.9. The minimum atomic E-state index is -4.24. The molecule has 1 aromatic heterocycles. The van der Waals surface area contributed by atoms with E-state index in [4.69, 9.17) is 4.74 Å². The van der Waals surface area contributed by atoms with Crippen LogP contribution >= 0.6 is 0 Å². The second-order valence-corrected chi connectivity index (χ2v) is 5.06. The lowest BCUT2D eigenvalue weighted by molar-refractivity contribution is -0.171. The fourth-order valence-corrected chi connectivity index (χ4v) is 2.74. The Morgan fingerprint density at radius 2 is 2.00 bits per heavy atom. The molecule has 0 saturated carbocycles. The van der Waals surface area contributed by atoms with Gasteiger partial charge in [0.25, 0.3) is 0 Å². The molecule has 106 valence electrons. The summed E-state index contributed by atoms with van der Waals surface area (Å²) in [6, 6.07) is 0.255. The molecular formula is C12H16F3N3O. The quantitative estimate of drug-likeness (QED) is 0.856. The highest BCUT2D eigenvalue weighted by Crippen LogP contribution is 2.39. The van der Waals surface area contributed by atoms with Crippen molar-refractivity contribution in [2.45, 2.75) is 37.4 Å². The largest absolute Gasteiger partial charge is 0.410 e. The van der Waals surface area contributed by atoms with Crippen LogP contribution in [0.1, 0.15) is 36.9 Å². The van der Waals surface area contributed by atoms with E-state index in [2.05, 4.69) is 10.4 Å². The summed E-state index contributed by atoms with van der Waals surface area (Å²) in [5, 5.41) is 7.19. The lowest BCUT2D eigenvalue weighted by atomic mass is 9.97. The van der Waals surface area contributed by atoms with E-state index in [1.54, 1.807) is 6.07 Å². The number of ether oxygens (including phenoxy) is 1. The Labute approximate surface area is 108 Å². The molecule has 1 unspecified atom stereocenters. The molecule has 0 amide bonds. The van der Waals surface area contributed by atoms with Crippen molar-refractivity contribution in [2.24, 2.45) is 0 Å². The zero-order valence-corrected chi connectivity index (χ0v) is 10.4. The predicted octanol–water partition coefficient (Wildman–Crippen LogP) is 2.70. The van der Waals surface area contributed by atoms with Crippen LogP contribution < -0.4 is 5.32 Å². The summed E-state index contributed by atoms with van der Waals surface area (Å²) in [5.41, 5.74) is 0.752. The lowest BCUT2D eigenvalue weighted by Crippen LogP contribution is -2.34. The summed E-state index contributed by atoms with van der Waals surface area (Å²) >= 11 is 0. The number of hydrogen-bond acceptors (Lipinski definition) is 3. The van der Waals surface area contributed by atoms with Gasteiger partial charge in [0, 0.05) is 31.7 Å². The molecule has 1 N–H and O–H groups in total. The van der Waals surface area contributed by atoms with Crippen molar-refractivity contribution >= 4 is 5.82 Å². The van der Waals surface area contributed by atoms with Gasteiger partial charge in [0.2, 0.25) is 0 Å². The van der Waals surface area contributed by atoms with Crippen LogP contribution in [0.4, 0.5) is 19.0 Å². The predicted molar refractivity (Wildman–Crippen MR) is 63.2 cm³/mol. The minimum Gasteiger partial charge on any atom is -0.381 e. The molecule has 19 heavy (non-hydrogen) atoms. The van der Waals surface area contributed by atoms with E-state index in [-0.39, 0.29) is 12.3 Å². The Morgan fingerprint density at radius 1 is 1.26 bits per heavy atom. The third kappa shape index (κ3) is 2.43. The number of anilines is 1. The Balaban J connectivity index is 1.88. The van der Waals surface area contributed by atoms with Crippen molar-refractivity contribution in [1.82, 2.24) is 9.78 Å². The van der Waals surface area contributed by atoms with Gasteiger partial charge in [-0.3, -0.25) is 0 Å². The van der Waals surface area contributed by atoms with Crippen LogP contribution in [0.2, 0.25) is 0 Å². The SMILES string of the molecule is FC(F)(F)C1CCNc2cc(C3CCOCC3)nn21. The monoisotopic (exact) mass is 275 g/mol. The van der Waals surface area contributed by atoms with E-state index in [0.717, 1.165) is 23.2 Å². The first kappa shape index (κ1) is 12.8. The zero-order valence-electron chi connectivity index (χ0n) is 10.4. The molecule has 2 aliphatic heterocycles. The fraction of sp³-hybridized carbons (Fsp3) is 0.750. The molecule has 1 saturated heterocycles. The number of fused-ring (bicyclic) bond motifs is 1. The van der Waals surface area contributed by atoms with Gasteiger partial charge < -0.3 is 10.1 Å². The second kappa shape index (κ2) is 4.70. The number of halogens is 3. The van der Waals surface area contributed by atoms with E-state index in [9.17, 15) is 13.2 Å². The summed E-state index contributed by atoms with van der Waals surface area (Å²) in [4.78, 5) is 0. The standard InChI is InChI=1S/C12H16F3N3O/c13-12(14,15)10-1-4-16-11-7-9(17-18(10)11)8-2-5-19-6-3-8/h7-8,10,16H,1-6H2. The number of nitrogens with one attached hydrogen (secondary N) is 1. The van der Waals surface area contributed by atoms with E-state index >= 15 is 0 Å². The van der Waals surface area contributed by atoms with Gasteiger partial charge in [-0.25, -0.2) is 4.68 Å². The summed E-state index contributed by atoms with van der Waals surface area (Å²) < 4.78 is 45.3. The average molecular weight is 275 g/mol. The van der Waals surface area contributed by atoms with Gasteiger partial charge >= 0.3 is 6.18 Å². The summed E-state index contributed by atoms with van der Waals surface area (Å²) in [6.07, 6.45) is -2.55. The smallest absolute Gasteiger partial charge is 0.381 e. The van der Waals surface area contributed by atoms with Crippen LogP contribution in [-0.2, 0) is 4.74 Å². The van der Waals surface area contributed by atoms with E-state index in [1.807, 2.05) is 0 Å². The van der Waals surface area contributed by atoms with Gasteiger partial charge in [-0.15, -0.1) is 0 Å². The lowest BCUT2D eigenvalue weighted by Gasteiger charge is -2.27. The fourth-order valence-electron chi connectivity index (χ4n) is 2.74.